The van der Waals surface area contributed by atoms with Crippen molar-refractivity contribution in [3.63, 3.8) is 0 Å². The van der Waals surface area contributed by atoms with Gasteiger partial charge in [0.15, 0.2) is 0 Å². The van der Waals surface area contributed by atoms with Gasteiger partial charge in [0.05, 0.1) is 0 Å². The molecule has 0 spiro atoms. The summed E-state index contributed by atoms with van der Waals surface area (Å²) in [4.78, 5) is 0. The summed E-state index contributed by atoms with van der Waals surface area (Å²) >= 11 is -3.40. The summed E-state index contributed by atoms with van der Waals surface area (Å²) in [5.41, 5.74) is 1.68. The van der Waals surface area contributed by atoms with Crippen molar-refractivity contribution in [3.05, 3.63) is 114 Å². The number of aromatic hydroxyl groups is 1. The van der Waals surface area contributed by atoms with E-state index < -0.39 is 13.3 Å². The molecule has 4 aromatic carbocycles. The van der Waals surface area contributed by atoms with Crippen molar-refractivity contribution in [1.82, 2.24) is 0 Å². The number of hydrogen-bond donors (Lipinski definition) is 1. The third kappa shape index (κ3) is 4.34. The Morgan fingerprint density at radius 1 is 0.471 bits per heavy atom. The van der Waals surface area contributed by atoms with Crippen LogP contribution < -0.4 is 17.6 Å². The molecule has 0 aliphatic carbocycles. The van der Waals surface area contributed by atoms with Gasteiger partial charge in [-0.2, -0.15) is 0 Å². The summed E-state index contributed by atoms with van der Waals surface area (Å²) in [5.74, 6) is 0.439. The van der Waals surface area contributed by atoms with E-state index in [-0.39, 0.29) is 10.8 Å². The zero-order valence-electron chi connectivity index (χ0n) is 21.3. The Labute approximate surface area is 207 Å². The van der Waals surface area contributed by atoms with Crippen LogP contribution in [0.4, 0.5) is 0 Å². The Hall–Kier alpha value is -2.78. The van der Waals surface area contributed by atoms with Gasteiger partial charge < -0.3 is 0 Å². The number of benzene rings is 4. The van der Waals surface area contributed by atoms with Crippen molar-refractivity contribution in [2.24, 2.45) is 0 Å². The van der Waals surface area contributed by atoms with Crippen LogP contribution in [0, 0.1) is 0 Å². The molecule has 4 rings (SSSR count). The molecule has 174 valence electrons. The van der Waals surface area contributed by atoms with Gasteiger partial charge in [-0.25, -0.2) is 0 Å². The molecule has 1 N–H and O–H groups in total. The van der Waals surface area contributed by atoms with E-state index in [1.54, 1.807) is 0 Å². The molecule has 34 heavy (non-hydrogen) atoms. The van der Waals surface area contributed by atoms with Crippen LogP contribution >= 0.6 is 0 Å². The molecule has 0 radical (unpaired) electrons. The van der Waals surface area contributed by atoms with E-state index in [0.717, 1.165) is 11.1 Å². The second-order valence-corrected chi connectivity index (χ2v) is 19.3. The van der Waals surface area contributed by atoms with E-state index >= 15 is 0 Å². The van der Waals surface area contributed by atoms with E-state index in [1.807, 2.05) is 0 Å². The van der Waals surface area contributed by atoms with Crippen LogP contribution in [-0.4, -0.2) is 18.4 Å². The van der Waals surface area contributed by atoms with Gasteiger partial charge in [-0.15, -0.1) is 0 Å². The quantitative estimate of drug-likeness (QED) is 0.368. The fourth-order valence-electron chi connectivity index (χ4n) is 5.06. The minimum absolute atomic E-state index is 0.182. The van der Waals surface area contributed by atoms with Crippen LogP contribution in [0.15, 0.2) is 103 Å². The number of rotatable bonds is 4. The standard InChI is InChI=1S/C32H36GeO/c1-31(2,3)28-22-27(23-29(30(28)34)32(4,5)6)33(24-16-10-7-11-17-24,25-18-12-8-13-19-25)26-20-14-9-15-21-26/h7-23,34H,1-6H3. The first kappa shape index (κ1) is 24.4. The summed E-state index contributed by atoms with van der Waals surface area (Å²) in [6.45, 7) is 13.2. The first-order chi connectivity index (χ1) is 16.1. The third-order valence-electron chi connectivity index (χ3n) is 6.78. The molecule has 0 unspecified atom stereocenters. The molecule has 0 aromatic heterocycles. The molecule has 1 nitrogen and oxygen atoms in total. The minimum atomic E-state index is -3.40. The van der Waals surface area contributed by atoms with Crippen molar-refractivity contribution in [2.75, 3.05) is 0 Å². The van der Waals surface area contributed by atoms with Gasteiger partial charge in [0.2, 0.25) is 0 Å². The number of phenolic OH excluding ortho intramolecular Hbond substituents is 1. The molecule has 0 aliphatic rings. The molecular weight excluding hydrogens is 473 g/mol. The zero-order chi connectivity index (χ0) is 24.6. The maximum absolute atomic E-state index is 11.5. The normalized spacial score (nSPS) is 12.5. The fourth-order valence-corrected chi connectivity index (χ4v) is 15.1. The van der Waals surface area contributed by atoms with Crippen molar-refractivity contribution < 1.29 is 5.11 Å². The summed E-state index contributed by atoms with van der Waals surface area (Å²) in [6, 6.07) is 37.8. The Balaban J connectivity index is 2.23. The maximum atomic E-state index is 11.5. The van der Waals surface area contributed by atoms with Crippen LogP contribution in [0.3, 0.4) is 0 Å². The van der Waals surface area contributed by atoms with Gasteiger partial charge in [0.25, 0.3) is 0 Å². The molecule has 0 atom stereocenters. The van der Waals surface area contributed by atoms with Crippen molar-refractivity contribution in [2.45, 2.75) is 52.4 Å². The molecule has 0 saturated carbocycles. The Bertz CT molecular complexity index is 1120. The van der Waals surface area contributed by atoms with Crippen molar-refractivity contribution in [1.29, 1.82) is 0 Å². The average molecular weight is 509 g/mol. The van der Waals surface area contributed by atoms with E-state index in [4.69, 9.17) is 0 Å². The molecule has 0 saturated heterocycles. The number of phenols is 1. The fraction of sp³-hybridized carbons (Fsp3) is 0.250. The van der Waals surface area contributed by atoms with Crippen LogP contribution in [0.5, 0.6) is 5.75 Å². The molecule has 2 heteroatoms. The van der Waals surface area contributed by atoms with E-state index in [9.17, 15) is 5.11 Å². The molecular formula is C32H36GeO. The van der Waals surface area contributed by atoms with E-state index in [2.05, 4.69) is 145 Å². The van der Waals surface area contributed by atoms with Crippen LogP contribution in [0.2, 0.25) is 0 Å². The topological polar surface area (TPSA) is 20.2 Å². The molecule has 0 bridgehead atoms. The second-order valence-electron chi connectivity index (χ2n) is 11.3. The SMILES string of the molecule is CC(C)(C)c1c[c]([Ge]([c]2ccccc2)([c]2ccccc2)[c]2ccccc2)cc(C(C)(C)C)c1O. The zero-order valence-corrected chi connectivity index (χ0v) is 23.4. The predicted octanol–water partition coefficient (Wildman–Crippen LogP) is 5.36. The molecule has 4 aromatic rings. The monoisotopic (exact) mass is 510 g/mol. The van der Waals surface area contributed by atoms with E-state index in [0.29, 0.717) is 5.75 Å². The third-order valence-corrected chi connectivity index (χ3v) is 16.8. The van der Waals surface area contributed by atoms with Gasteiger partial charge >= 0.3 is 208 Å². The first-order valence-corrected chi connectivity index (χ1v) is 16.3. The van der Waals surface area contributed by atoms with E-state index in [1.165, 1.54) is 17.6 Å². The average Bonchev–Trinajstić information content (AvgIpc) is 2.81. The second kappa shape index (κ2) is 9.11. The van der Waals surface area contributed by atoms with Crippen molar-refractivity contribution >= 4 is 30.8 Å². The van der Waals surface area contributed by atoms with Crippen LogP contribution in [0.1, 0.15) is 52.7 Å². The summed E-state index contributed by atoms with van der Waals surface area (Å²) < 4.78 is 5.54. The molecule has 0 heterocycles. The Kier molecular flexibility index (Phi) is 6.53. The van der Waals surface area contributed by atoms with Gasteiger partial charge in [-0.05, 0) is 0 Å². The first-order valence-electron chi connectivity index (χ1n) is 12.1. The Morgan fingerprint density at radius 2 is 0.765 bits per heavy atom. The van der Waals surface area contributed by atoms with Gasteiger partial charge in [0.1, 0.15) is 0 Å². The molecule has 0 amide bonds. The summed E-state index contributed by atoms with van der Waals surface area (Å²) in [7, 11) is 0. The molecule has 0 aliphatic heterocycles. The predicted molar refractivity (Wildman–Crippen MR) is 149 cm³/mol. The Morgan fingerprint density at radius 3 is 1.03 bits per heavy atom. The number of hydrogen-bond acceptors (Lipinski definition) is 1. The van der Waals surface area contributed by atoms with Crippen LogP contribution in [-0.2, 0) is 10.8 Å². The summed E-state index contributed by atoms with van der Waals surface area (Å²) in [5, 5.41) is 11.5. The molecule has 0 fully saturated rings. The van der Waals surface area contributed by atoms with Crippen molar-refractivity contribution in [3.8, 4) is 5.75 Å². The van der Waals surface area contributed by atoms with Gasteiger partial charge in [0, 0.05) is 0 Å². The van der Waals surface area contributed by atoms with Crippen LogP contribution in [0.25, 0.3) is 0 Å². The van der Waals surface area contributed by atoms with Gasteiger partial charge in [-0.3, -0.25) is 0 Å². The summed E-state index contributed by atoms with van der Waals surface area (Å²) in [6.07, 6.45) is 0. The van der Waals surface area contributed by atoms with Gasteiger partial charge in [-0.1, -0.05) is 0 Å².